The van der Waals surface area contributed by atoms with E-state index in [2.05, 4.69) is 37.2 Å². The van der Waals surface area contributed by atoms with Gasteiger partial charge >= 0.3 is 0 Å². The summed E-state index contributed by atoms with van der Waals surface area (Å²) < 4.78 is 5.26. The molecular formula is C14H19NO. The van der Waals surface area contributed by atoms with Gasteiger partial charge in [-0.05, 0) is 42.5 Å². The fourth-order valence-corrected chi connectivity index (χ4v) is 1.94. The van der Waals surface area contributed by atoms with E-state index in [0.717, 1.165) is 18.1 Å². The Hall–Kier alpha value is -1.44. The first-order valence-electron chi connectivity index (χ1n) is 5.84. The number of ether oxygens (including phenoxy) is 1. The van der Waals surface area contributed by atoms with E-state index in [4.69, 9.17) is 4.74 Å². The number of H-pyrrole nitrogens is 1. The second-order valence-electron chi connectivity index (χ2n) is 4.66. The minimum atomic E-state index is 0.746. The number of hydrogen-bond acceptors (Lipinski definition) is 1. The molecule has 1 N–H and O–H groups in total. The van der Waals surface area contributed by atoms with E-state index in [1.807, 2.05) is 6.07 Å². The summed E-state index contributed by atoms with van der Waals surface area (Å²) in [7, 11) is 1.71. The molecule has 0 fully saturated rings. The number of hydrogen-bond donors (Lipinski definition) is 1. The first kappa shape index (κ1) is 11.1. The molecule has 0 unspecified atom stereocenters. The second kappa shape index (κ2) is 4.60. The molecule has 0 aliphatic heterocycles. The first-order chi connectivity index (χ1) is 7.70. The predicted octanol–water partition coefficient (Wildman–Crippen LogP) is 3.77. The van der Waals surface area contributed by atoms with E-state index in [1.165, 1.54) is 22.9 Å². The van der Waals surface area contributed by atoms with Gasteiger partial charge in [0.2, 0.25) is 0 Å². The largest absolute Gasteiger partial charge is 0.497 e. The summed E-state index contributed by atoms with van der Waals surface area (Å²) in [6.07, 6.45) is 4.47. The quantitative estimate of drug-likeness (QED) is 0.828. The van der Waals surface area contributed by atoms with Crippen LogP contribution in [0.3, 0.4) is 0 Å². The monoisotopic (exact) mass is 217 g/mol. The molecule has 0 aliphatic rings. The van der Waals surface area contributed by atoms with E-state index in [1.54, 1.807) is 7.11 Å². The molecule has 1 aromatic carbocycles. The highest BCUT2D eigenvalue weighted by Crippen LogP contribution is 2.25. The van der Waals surface area contributed by atoms with Crippen molar-refractivity contribution in [2.24, 2.45) is 5.92 Å². The van der Waals surface area contributed by atoms with Gasteiger partial charge in [0.15, 0.2) is 0 Å². The highest BCUT2D eigenvalue weighted by atomic mass is 16.5. The van der Waals surface area contributed by atoms with Crippen molar-refractivity contribution in [1.82, 2.24) is 4.98 Å². The molecule has 0 atom stereocenters. The van der Waals surface area contributed by atoms with Gasteiger partial charge in [-0.25, -0.2) is 0 Å². The lowest BCUT2D eigenvalue weighted by Gasteiger charge is -2.04. The molecule has 1 heterocycles. The average molecular weight is 217 g/mol. The van der Waals surface area contributed by atoms with Gasteiger partial charge in [-0.3, -0.25) is 0 Å². The van der Waals surface area contributed by atoms with Crippen LogP contribution in [0.5, 0.6) is 5.75 Å². The Labute approximate surface area is 96.6 Å². The third kappa shape index (κ3) is 2.21. The van der Waals surface area contributed by atoms with E-state index < -0.39 is 0 Å². The van der Waals surface area contributed by atoms with Crippen molar-refractivity contribution >= 4 is 10.9 Å². The minimum absolute atomic E-state index is 0.746. The Kier molecular flexibility index (Phi) is 3.18. The van der Waals surface area contributed by atoms with Crippen LogP contribution < -0.4 is 4.74 Å². The maximum atomic E-state index is 5.26. The zero-order chi connectivity index (χ0) is 11.5. The fourth-order valence-electron chi connectivity index (χ4n) is 1.94. The Bertz CT molecular complexity index is 471. The summed E-state index contributed by atoms with van der Waals surface area (Å²) in [5, 5.41) is 1.29. The van der Waals surface area contributed by atoms with Crippen molar-refractivity contribution in [3.8, 4) is 5.75 Å². The standard InChI is InChI=1S/C14H19NO/c1-10(2)4-5-11-9-15-14-7-6-12(16-3)8-13(11)14/h6-10,15H,4-5H2,1-3H3. The number of nitrogens with one attached hydrogen (secondary N) is 1. The lowest BCUT2D eigenvalue weighted by molar-refractivity contribution is 0.415. The smallest absolute Gasteiger partial charge is 0.119 e. The molecule has 86 valence electrons. The van der Waals surface area contributed by atoms with Crippen molar-refractivity contribution in [3.63, 3.8) is 0 Å². The van der Waals surface area contributed by atoms with Gasteiger partial charge in [0, 0.05) is 17.1 Å². The van der Waals surface area contributed by atoms with Crippen LogP contribution in [0.15, 0.2) is 24.4 Å². The molecular weight excluding hydrogens is 198 g/mol. The minimum Gasteiger partial charge on any atom is -0.497 e. The molecule has 0 amide bonds. The van der Waals surface area contributed by atoms with E-state index in [0.29, 0.717) is 0 Å². The molecule has 2 rings (SSSR count). The van der Waals surface area contributed by atoms with Crippen LogP contribution in [0.2, 0.25) is 0 Å². The van der Waals surface area contributed by atoms with Crippen molar-refractivity contribution < 1.29 is 4.74 Å². The van der Waals surface area contributed by atoms with Gasteiger partial charge in [-0.2, -0.15) is 0 Å². The summed E-state index contributed by atoms with van der Waals surface area (Å²) in [6, 6.07) is 6.18. The Balaban J connectivity index is 2.30. The van der Waals surface area contributed by atoms with Gasteiger partial charge in [-0.1, -0.05) is 13.8 Å². The molecule has 0 aliphatic carbocycles. The highest BCUT2D eigenvalue weighted by Gasteiger charge is 2.05. The number of methoxy groups -OCH3 is 1. The molecule has 1 aromatic heterocycles. The van der Waals surface area contributed by atoms with Crippen LogP contribution in [0.25, 0.3) is 10.9 Å². The van der Waals surface area contributed by atoms with Gasteiger partial charge in [-0.15, -0.1) is 0 Å². The van der Waals surface area contributed by atoms with Crippen LogP contribution in [-0.2, 0) is 6.42 Å². The maximum absolute atomic E-state index is 5.26. The summed E-state index contributed by atoms with van der Waals surface area (Å²) in [5.74, 6) is 1.67. The maximum Gasteiger partial charge on any atom is 0.119 e. The van der Waals surface area contributed by atoms with Crippen molar-refractivity contribution in [2.75, 3.05) is 7.11 Å². The zero-order valence-electron chi connectivity index (χ0n) is 10.2. The van der Waals surface area contributed by atoms with Crippen molar-refractivity contribution in [2.45, 2.75) is 26.7 Å². The predicted molar refractivity (Wildman–Crippen MR) is 68.0 cm³/mol. The summed E-state index contributed by atoms with van der Waals surface area (Å²) in [5.41, 5.74) is 2.59. The summed E-state index contributed by atoms with van der Waals surface area (Å²) in [6.45, 7) is 4.52. The highest BCUT2D eigenvalue weighted by molar-refractivity contribution is 5.84. The second-order valence-corrected chi connectivity index (χ2v) is 4.66. The van der Waals surface area contributed by atoms with E-state index >= 15 is 0 Å². The Morgan fingerprint density at radius 1 is 1.31 bits per heavy atom. The van der Waals surface area contributed by atoms with Crippen molar-refractivity contribution in [1.29, 1.82) is 0 Å². The molecule has 16 heavy (non-hydrogen) atoms. The normalized spacial score (nSPS) is 11.2. The number of aromatic nitrogens is 1. The molecule has 2 aromatic rings. The zero-order valence-corrected chi connectivity index (χ0v) is 10.2. The first-order valence-corrected chi connectivity index (χ1v) is 5.84. The molecule has 2 heteroatoms. The SMILES string of the molecule is COc1ccc2[nH]cc(CCC(C)C)c2c1. The third-order valence-corrected chi connectivity index (χ3v) is 2.97. The molecule has 0 radical (unpaired) electrons. The van der Waals surface area contributed by atoms with Gasteiger partial charge in [0.25, 0.3) is 0 Å². The summed E-state index contributed by atoms with van der Waals surface area (Å²) in [4.78, 5) is 3.31. The lowest BCUT2D eigenvalue weighted by atomic mass is 10.0. The van der Waals surface area contributed by atoms with Gasteiger partial charge in [0.05, 0.1) is 7.11 Å². The van der Waals surface area contributed by atoms with Crippen molar-refractivity contribution in [3.05, 3.63) is 30.0 Å². The number of benzene rings is 1. The molecule has 0 saturated carbocycles. The van der Waals surface area contributed by atoms with E-state index in [-0.39, 0.29) is 0 Å². The van der Waals surface area contributed by atoms with Crippen LogP contribution in [0, 0.1) is 5.92 Å². The molecule has 0 saturated heterocycles. The molecule has 0 spiro atoms. The Morgan fingerprint density at radius 3 is 2.81 bits per heavy atom. The van der Waals surface area contributed by atoms with Crippen LogP contribution >= 0.6 is 0 Å². The van der Waals surface area contributed by atoms with Crippen LogP contribution in [0.4, 0.5) is 0 Å². The average Bonchev–Trinajstić information content (AvgIpc) is 2.68. The fraction of sp³-hybridized carbons (Fsp3) is 0.429. The third-order valence-electron chi connectivity index (χ3n) is 2.97. The van der Waals surface area contributed by atoms with Gasteiger partial charge < -0.3 is 9.72 Å². The van der Waals surface area contributed by atoms with E-state index in [9.17, 15) is 0 Å². The van der Waals surface area contributed by atoms with Crippen LogP contribution in [0.1, 0.15) is 25.8 Å². The molecule has 0 bridgehead atoms. The van der Waals surface area contributed by atoms with Crippen LogP contribution in [-0.4, -0.2) is 12.1 Å². The topological polar surface area (TPSA) is 25.0 Å². The number of aryl methyl sites for hydroxylation is 1. The number of rotatable bonds is 4. The van der Waals surface area contributed by atoms with Gasteiger partial charge in [0.1, 0.15) is 5.75 Å². The Morgan fingerprint density at radius 2 is 2.12 bits per heavy atom. The number of fused-ring (bicyclic) bond motifs is 1. The molecule has 2 nitrogen and oxygen atoms in total. The summed E-state index contributed by atoms with van der Waals surface area (Å²) >= 11 is 0. The lowest BCUT2D eigenvalue weighted by Crippen LogP contribution is -1.91. The number of aromatic amines is 1.